The van der Waals surface area contributed by atoms with Gasteiger partial charge in [-0.25, -0.2) is 9.97 Å². The smallest absolute Gasteiger partial charge is 0.135 e. The predicted octanol–water partition coefficient (Wildman–Crippen LogP) is 2.10. The first-order valence-electron chi connectivity index (χ1n) is 5.84. The Bertz CT molecular complexity index is 523. The van der Waals surface area contributed by atoms with Crippen molar-refractivity contribution in [1.82, 2.24) is 9.97 Å². The van der Waals surface area contributed by atoms with Crippen LogP contribution in [0.3, 0.4) is 0 Å². The quantitative estimate of drug-likeness (QED) is 0.893. The third-order valence-corrected chi connectivity index (χ3v) is 2.62. The second-order valence-corrected chi connectivity index (χ2v) is 4.30. The lowest BCUT2D eigenvalue weighted by molar-refractivity contribution is 0.181. The van der Waals surface area contributed by atoms with Crippen LogP contribution in [0.2, 0.25) is 0 Å². The maximum absolute atomic E-state index is 5.76. The van der Waals surface area contributed by atoms with Crippen molar-refractivity contribution in [3.05, 3.63) is 53.0 Å². The molecule has 94 valence electrons. The van der Waals surface area contributed by atoms with E-state index < -0.39 is 0 Å². The summed E-state index contributed by atoms with van der Waals surface area (Å²) in [6.45, 7) is 2.52. The standard InChI is InChI=1S/C14H17N3O/c1-10-3-5-11(6-4-10)7-14-16-12(9-18-2)8-13(15)17-14/h3-6,8H,7,9H2,1-2H3,(H2,15,16,17). The first-order chi connectivity index (χ1) is 8.67. The Balaban J connectivity index is 2.20. The van der Waals surface area contributed by atoms with Crippen LogP contribution >= 0.6 is 0 Å². The minimum Gasteiger partial charge on any atom is -0.384 e. The van der Waals surface area contributed by atoms with E-state index in [0.29, 0.717) is 18.8 Å². The zero-order valence-electron chi connectivity index (χ0n) is 10.7. The molecule has 0 saturated heterocycles. The normalized spacial score (nSPS) is 10.6. The van der Waals surface area contributed by atoms with Crippen LogP contribution in [0.15, 0.2) is 30.3 Å². The average Bonchev–Trinajstić information content (AvgIpc) is 2.32. The maximum atomic E-state index is 5.76. The van der Waals surface area contributed by atoms with E-state index in [-0.39, 0.29) is 0 Å². The summed E-state index contributed by atoms with van der Waals surface area (Å²) in [4.78, 5) is 8.67. The van der Waals surface area contributed by atoms with Gasteiger partial charge < -0.3 is 10.5 Å². The van der Waals surface area contributed by atoms with Crippen molar-refractivity contribution in [1.29, 1.82) is 0 Å². The van der Waals surface area contributed by atoms with Crippen molar-refractivity contribution < 1.29 is 4.74 Å². The number of hydrogen-bond acceptors (Lipinski definition) is 4. The zero-order valence-corrected chi connectivity index (χ0v) is 10.7. The predicted molar refractivity (Wildman–Crippen MR) is 71.1 cm³/mol. The number of hydrogen-bond donors (Lipinski definition) is 1. The molecule has 0 aliphatic heterocycles. The van der Waals surface area contributed by atoms with Gasteiger partial charge in [-0.2, -0.15) is 0 Å². The van der Waals surface area contributed by atoms with E-state index >= 15 is 0 Å². The molecule has 0 spiro atoms. The van der Waals surface area contributed by atoms with Crippen LogP contribution in [0.5, 0.6) is 0 Å². The van der Waals surface area contributed by atoms with Crippen LogP contribution < -0.4 is 5.73 Å². The summed E-state index contributed by atoms with van der Waals surface area (Å²) in [7, 11) is 1.64. The molecule has 2 rings (SSSR count). The number of aromatic nitrogens is 2. The molecule has 0 amide bonds. The topological polar surface area (TPSA) is 61.0 Å². The van der Waals surface area contributed by atoms with E-state index in [1.807, 2.05) is 0 Å². The van der Waals surface area contributed by atoms with Crippen LogP contribution in [0.1, 0.15) is 22.6 Å². The number of aryl methyl sites for hydroxylation is 1. The molecule has 2 aromatic rings. The number of anilines is 1. The number of ether oxygens (including phenoxy) is 1. The Labute approximate surface area is 107 Å². The third-order valence-electron chi connectivity index (χ3n) is 2.62. The van der Waals surface area contributed by atoms with Gasteiger partial charge in [0.2, 0.25) is 0 Å². The summed E-state index contributed by atoms with van der Waals surface area (Å²) in [5.41, 5.74) is 8.99. The van der Waals surface area contributed by atoms with Gasteiger partial charge in [-0.3, -0.25) is 0 Å². The van der Waals surface area contributed by atoms with E-state index in [2.05, 4.69) is 41.2 Å². The number of nitrogen functional groups attached to an aromatic ring is 1. The Morgan fingerprint density at radius 2 is 1.89 bits per heavy atom. The Morgan fingerprint density at radius 3 is 2.56 bits per heavy atom. The Morgan fingerprint density at radius 1 is 1.17 bits per heavy atom. The number of nitrogens with zero attached hydrogens (tertiary/aromatic N) is 2. The van der Waals surface area contributed by atoms with Crippen LogP contribution in [-0.2, 0) is 17.8 Å². The van der Waals surface area contributed by atoms with E-state index in [1.54, 1.807) is 13.2 Å². The highest BCUT2D eigenvalue weighted by Gasteiger charge is 2.04. The Hall–Kier alpha value is -1.94. The number of rotatable bonds is 4. The lowest BCUT2D eigenvalue weighted by atomic mass is 10.1. The summed E-state index contributed by atoms with van der Waals surface area (Å²) in [6.07, 6.45) is 0.683. The molecule has 4 heteroatoms. The van der Waals surface area contributed by atoms with Gasteiger partial charge >= 0.3 is 0 Å². The molecule has 0 atom stereocenters. The van der Waals surface area contributed by atoms with Gasteiger partial charge in [0, 0.05) is 19.6 Å². The van der Waals surface area contributed by atoms with Crippen molar-refractivity contribution in [2.24, 2.45) is 0 Å². The van der Waals surface area contributed by atoms with Crippen molar-refractivity contribution in [3.8, 4) is 0 Å². The fraction of sp³-hybridized carbons (Fsp3) is 0.286. The van der Waals surface area contributed by atoms with Gasteiger partial charge in [-0.05, 0) is 12.5 Å². The molecule has 0 unspecified atom stereocenters. The molecule has 18 heavy (non-hydrogen) atoms. The molecule has 0 radical (unpaired) electrons. The SMILES string of the molecule is COCc1cc(N)nc(Cc2ccc(C)cc2)n1. The monoisotopic (exact) mass is 243 g/mol. The second kappa shape index (κ2) is 5.60. The Kier molecular flexibility index (Phi) is 3.89. The molecule has 0 saturated carbocycles. The highest BCUT2D eigenvalue weighted by atomic mass is 16.5. The fourth-order valence-electron chi connectivity index (χ4n) is 1.76. The fourth-order valence-corrected chi connectivity index (χ4v) is 1.76. The molecule has 1 heterocycles. The van der Waals surface area contributed by atoms with Crippen molar-refractivity contribution in [3.63, 3.8) is 0 Å². The van der Waals surface area contributed by atoms with Gasteiger partial charge in [0.15, 0.2) is 0 Å². The van der Waals surface area contributed by atoms with Crippen molar-refractivity contribution >= 4 is 5.82 Å². The minimum absolute atomic E-state index is 0.452. The van der Waals surface area contributed by atoms with E-state index in [0.717, 1.165) is 11.5 Å². The lowest BCUT2D eigenvalue weighted by Crippen LogP contribution is -2.04. The number of nitrogens with two attached hydrogens (primary N) is 1. The van der Waals surface area contributed by atoms with Crippen LogP contribution in [-0.4, -0.2) is 17.1 Å². The van der Waals surface area contributed by atoms with Gasteiger partial charge in [0.1, 0.15) is 11.6 Å². The van der Waals surface area contributed by atoms with E-state index in [9.17, 15) is 0 Å². The summed E-state index contributed by atoms with van der Waals surface area (Å²) >= 11 is 0. The molecular weight excluding hydrogens is 226 g/mol. The largest absolute Gasteiger partial charge is 0.384 e. The molecule has 0 fully saturated rings. The number of methoxy groups -OCH3 is 1. The van der Waals surface area contributed by atoms with Gasteiger partial charge in [0.05, 0.1) is 12.3 Å². The highest BCUT2D eigenvalue weighted by molar-refractivity contribution is 5.31. The third kappa shape index (κ3) is 3.28. The lowest BCUT2D eigenvalue weighted by Gasteiger charge is -2.05. The summed E-state index contributed by atoms with van der Waals surface area (Å²) in [6, 6.07) is 10.1. The molecule has 4 nitrogen and oxygen atoms in total. The molecule has 1 aromatic carbocycles. The van der Waals surface area contributed by atoms with Crippen LogP contribution in [0.25, 0.3) is 0 Å². The molecule has 0 bridgehead atoms. The first kappa shape index (κ1) is 12.5. The van der Waals surface area contributed by atoms with Gasteiger partial charge in [0.25, 0.3) is 0 Å². The minimum atomic E-state index is 0.452. The zero-order chi connectivity index (χ0) is 13.0. The second-order valence-electron chi connectivity index (χ2n) is 4.30. The molecule has 1 aromatic heterocycles. The summed E-state index contributed by atoms with van der Waals surface area (Å²) in [5.74, 6) is 1.21. The summed E-state index contributed by atoms with van der Waals surface area (Å²) in [5, 5.41) is 0. The van der Waals surface area contributed by atoms with Crippen molar-refractivity contribution in [2.75, 3.05) is 12.8 Å². The molecule has 0 aliphatic rings. The van der Waals surface area contributed by atoms with Crippen LogP contribution in [0, 0.1) is 6.92 Å². The first-order valence-corrected chi connectivity index (χ1v) is 5.84. The maximum Gasteiger partial charge on any atom is 0.135 e. The molecular formula is C14H17N3O. The van der Waals surface area contributed by atoms with Crippen molar-refractivity contribution in [2.45, 2.75) is 20.0 Å². The highest BCUT2D eigenvalue weighted by Crippen LogP contribution is 2.10. The number of benzene rings is 1. The average molecular weight is 243 g/mol. The molecule has 0 aliphatic carbocycles. The molecule has 2 N–H and O–H groups in total. The summed E-state index contributed by atoms with van der Waals surface area (Å²) < 4.78 is 5.06. The van der Waals surface area contributed by atoms with Gasteiger partial charge in [-0.1, -0.05) is 29.8 Å². The van der Waals surface area contributed by atoms with E-state index in [1.165, 1.54) is 11.1 Å². The van der Waals surface area contributed by atoms with E-state index in [4.69, 9.17) is 10.5 Å². The van der Waals surface area contributed by atoms with Gasteiger partial charge in [-0.15, -0.1) is 0 Å². The van der Waals surface area contributed by atoms with Crippen LogP contribution in [0.4, 0.5) is 5.82 Å².